The third kappa shape index (κ3) is 2.04. The van der Waals surface area contributed by atoms with E-state index in [9.17, 15) is 0 Å². The molecule has 1 aliphatic heterocycles. The van der Waals surface area contributed by atoms with Gasteiger partial charge < -0.3 is 10.1 Å². The average Bonchev–Trinajstić information content (AvgIpc) is 3.07. The zero-order chi connectivity index (χ0) is 12.7. The molecule has 4 heteroatoms. The van der Waals surface area contributed by atoms with Crippen LogP contribution in [0.25, 0.3) is 0 Å². The van der Waals surface area contributed by atoms with E-state index in [1.165, 1.54) is 29.8 Å². The summed E-state index contributed by atoms with van der Waals surface area (Å²) in [6.07, 6.45) is 2.57. The molecule has 1 N–H and O–H groups in total. The second-order valence-electron chi connectivity index (χ2n) is 5.67. The Hall–Kier alpha value is -1.00. The molecular formula is C14H21N3O. The largest absolute Gasteiger partial charge is 0.373 e. The Bertz CT molecular complexity index is 455. The highest BCUT2D eigenvalue weighted by Crippen LogP contribution is 2.42. The Balaban J connectivity index is 2.02. The standard InChI is InChI=1S/C14H21N3O/c1-8(2)13(18-3)14-16-11-7-15-6-10(11)12(17-14)9-4-5-9/h8-9,13,15H,4-7H2,1-3H3. The van der Waals surface area contributed by atoms with Gasteiger partial charge in [0.1, 0.15) is 6.10 Å². The maximum Gasteiger partial charge on any atom is 0.157 e. The summed E-state index contributed by atoms with van der Waals surface area (Å²) in [6, 6.07) is 0. The van der Waals surface area contributed by atoms with Crippen LogP contribution in [0.3, 0.4) is 0 Å². The van der Waals surface area contributed by atoms with Gasteiger partial charge in [-0.15, -0.1) is 0 Å². The van der Waals surface area contributed by atoms with E-state index >= 15 is 0 Å². The molecule has 0 aromatic carbocycles. The van der Waals surface area contributed by atoms with Crippen molar-refractivity contribution >= 4 is 0 Å². The number of hydrogen-bond acceptors (Lipinski definition) is 4. The van der Waals surface area contributed by atoms with E-state index in [-0.39, 0.29) is 6.10 Å². The highest BCUT2D eigenvalue weighted by molar-refractivity contribution is 5.34. The third-order valence-corrected chi connectivity index (χ3v) is 3.81. The highest BCUT2D eigenvalue weighted by Gasteiger charge is 2.32. The fourth-order valence-corrected chi connectivity index (χ4v) is 2.71. The lowest BCUT2D eigenvalue weighted by Crippen LogP contribution is -2.15. The molecule has 1 aliphatic carbocycles. The summed E-state index contributed by atoms with van der Waals surface area (Å²) in [5.41, 5.74) is 3.81. The monoisotopic (exact) mass is 247 g/mol. The number of rotatable bonds is 4. The van der Waals surface area contributed by atoms with Crippen LogP contribution in [-0.2, 0) is 17.8 Å². The van der Waals surface area contributed by atoms with Crippen LogP contribution in [0.2, 0.25) is 0 Å². The molecular weight excluding hydrogens is 226 g/mol. The first kappa shape index (κ1) is 12.1. The van der Waals surface area contributed by atoms with Gasteiger partial charge >= 0.3 is 0 Å². The van der Waals surface area contributed by atoms with Crippen molar-refractivity contribution in [1.82, 2.24) is 15.3 Å². The molecule has 0 bridgehead atoms. The molecule has 4 nitrogen and oxygen atoms in total. The van der Waals surface area contributed by atoms with E-state index in [4.69, 9.17) is 14.7 Å². The van der Waals surface area contributed by atoms with Crippen molar-refractivity contribution in [3.05, 3.63) is 22.8 Å². The fourth-order valence-electron chi connectivity index (χ4n) is 2.71. The van der Waals surface area contributed by atoms with Crippen molar-refractivity contribution in [2.75, 3.05) is 7.11 Å². The second kappa shape index (κ2) is 4.59. The molecule has 2 heterocycles. The third-order valence-electron chi connectivity index (χ3n) is 3.81. The Kier molecular flexibility index (Phi) is 3.08. The molecule has 0 amide bonds. The lowest BCUT2D eigenvalue weighted by atomic mass is 10.0. The smallest absolute Gasteiger partial charge is 0.157 e. The van der Waals surface area contributed by atoms with E-state index in [0.717, 1.165) is 18.9 Å². The fraction of sp³-hybridized carbons (Fsp3) is 0.714. The van der Waals surface area contributed by atoms with Gasteiger partial charge in [-0.3, -0.25) is 0 Å². The Morgan fingerprint density at radius 1 is 1.22 bits per heavy atom. The van der Waals surface area contributed by atoms with Gasteiger partial charge in [0.25, 0.3) is 0 Å². The van der Waals surface area contributed by atoms with E-state index in [1.54, 1.807) is 7.11 Å². The quantitative estimate of drug-likeness (QED) is 0.887. The number of methoxy groups -OCH3 is 1. The van der Waals surface area contributed by atoms with E-state index in [1.807, 2.05) is 0 Å². The second-order valence-corrected chi connectivity index (χ2v) is 5.67. The molecule has 1 fully saturated rings. The van der Waals surface area contributed by atoms with Crippen LogP contribution in [0.15, 0.2) is 0 Å². The molecule has 1 aromatic rings. The zero-order valence-electron chi connectivity index (χ0n) is 11.4. The summed E-state index contributed by atoms with van der Waals surface area (Å²) in [4.78, 5) is 9.54. The minimum atomic E-state index is 0.00778. The normalized spacial score (nSPS) is 20.2. The van der Waals surface area contributed by atoms with E-state index in [2.05, 4.69) is 19.2 Å². The molecule has 1 aromatic heterocycles. The van der Waals surface area contributed by atoms with Gasteiger partial charge in [-0.05, 0) is 18.8 Å². The van der Waals surface area contributed by atoms with Crippen molar-refractivity contribution in [3.63, 3.8) is 0 Å². The van der Waals surface area contributed by atoms with Crippen LogP contribution in [0.4, 0.5) is 0 Å². The van der Waals surface area contributed by atoms with Crippen molar-refractivity contribution in [2.24, 2.45) is 5.92 Å². The number of nitrogens with zero attached hydrogens (tertiary/aromatic N) is 2. The SMILES string of the molecule is COC(c1nc2c(c(C3CC3)n1)CNC2)C(C)C. The lowest BCUT2D eigenvalue weighted by Gasteiger charge is -2.19. The van der Waals surface area contributed by atoms with Crippen molar-refractivity contribution in [3.8, 4) is 0 Å². The number of nitrogens with one attached hydrogen (secondary N) is 1. The Labute approximate surface area is 108 Å². The number of hydrogen-bond donors (Lipinski definition) is 1. The van der Waals surface area contributed by atoms with Gasteiger partial charge in [0.05, 0.1) is 11.4 Å². The van der Waals surface area contributed by atoms with Gasteiger partial charge in [0.2, 0.25) is 0 Å². The van der Waals surface area contributed by atoms with Gasteiger partial charge in [0, 0.05) is 31.7 Å². The minimum Gasteiger partial charge on any atom is -0.373 e. The van der Waals surface area contributed by atoms with Crippen molar-refractivity contribution in [1.29, 1.82) is 0 Å². The molecule has 1 atom stereocenters. The first-order valence-corrected chi connectivity index (χ1v) is 6.83. The number of aromatic nitrogens is 2. The van der Waals surface area contributed by atoms with Gasteiger partial charge in [-0.2, -0.15) is 0 Å². The predicted molar refractivity (Wildman–Crippen MR) is 69.1 cm³/mol. The van der Waals surface area contributed by atoms with Crippen LogP contribution in [-0.4, -0.2) is 17.1 Å². The van der Waals surface area contributed by atoms with Gasteiger partial charge in [0.15, 0.2) is 5.82 Å². The highest BCUT2D eigenvalue weighted by atomic mass is 16.5. The molecule has 3 rings (SSSR count). The molecule has 2 aliphatic rings. The molecule has 0 radical (unpaired) electrons. The summed E-state index contributed by atoms with van der Waals surface area (Å²) in [5.74, 6) is 1.94. The maximum atomic E-state index is 5.57. The van der Waals surface area contributed by atoms with Crippen LogP contribution in [0, 0.1) is 5.92 Å². The van der Waals surface area contributed by atoms with Crippen LogP contribution in [0.1, 0.15) is 61.5 Å². The summed E-state index contributed by atoms with van der Waals surface area (Å²) in [7, 11) is 1.75. The van der Waals surface area contributed by atoms with Crippen LogP contribution >= 0.6 is 0 Å². The van der Waals surface area contributed by atoms with Crippen molar-refractivity contribution in [2.45, 2.75) is 51.8 Å². The zero-order valence-corrected chi connectivity index (χ0v) is 11.4. The van der Waals surface area contributed by atoms with Gasteiger partial charge in [-0.1, -0.05) is 13.8 Å². The minimum absolute atomic E-state index is 0.00778. The summed E-state index contributed by atoms with van der Waals surface area (Å²) < 4.78 is 5.57. The summed E-state index contributed by atoms with van der Waals surface area (Å²) in [5, 5.41) is 3.38. The van der Waals surface area contributed by atoms with Crippen LogP contribution in [0.5, 0.6) is 0 Å². The maximum absolute atomic E-state index is 5.57. The topological polar surface area (TPSA) is 47.0 Å². The molecule has 1 saturated carbocycles. The number of fused-ring (bicyclic) bond motifs is 1. The first-order valence-electron chi connectivity index (χ1n) is 6.83. The number of ether oxygens (including phenoxy) is 1. The van der Waals surface area contributed by atoms with Gasteiger partial charge in [-0.25, -0.2) is 9.97 Å². The van der Waals surface area contributed by atoms with Crippen LogP contribution < -0.4 is 5.32 Å². The molecule has 0 saturated heterocycles. The Morgan fingerprint density at radius 2 is 2.00 bits per heavy atom. The Morgan fingerprint density at radius 3 is 2.61 bits per heavy atom. The van der Waals surface area contributed by atoms with Crippen molar-refractivity contribution < 1.29 is 4.74 Å². The lowest BCUT2D eigenvalue weighted by molar-refractivity contribution is 0.0571. The summed E-state index contributed by atoms with van der Waals surface area (Å²) in [6.45, 7) is 6.11. The van der Waals surface area contributed by atoms with E-state index < -0.39 is 0 Å². The first-order chi connectivity index (χ1) is 8.70. The molecule has 18 heavy (non-hydrogen) atoms. The molecule has 0 spiro atoms. The molecule has 98 valence electrons. The average molecular weight is 247 g/mol. The molecule has 1 unspecified atom stereocenters. The van der Waals surface area contributed by atoms with E-state index in [0.29, 0.717) is 11.8 Å². The summed E-state index contributed by atoms with van der Waals surface area (Å²) >= 11 is 0. The predicted octanol–water partition coefficient (Wildman–Crippen LogP) is 2.30.